The first-order chi connectivity index (χ1) is 15.2. The van der Waals surface area contributed by atoms with Gasteiger partial charge in [0.2, 0.25) is 5.88 Å². The van der Waals surface area contributed by atoms with E-state index in [-0.39, 0.29) is 19.1 Å². The molecule has 1 aromatic heterocycles. The average molecular weight is 421 g/mol. The van der Waals surface area contributed by atoms with E-state index in [4.69, 9.17) is 14.2 Å². The summed E-state index contributed by atoms with van der Waals surface area (Å²) in [6.45, 7) is 5.23. The number of aryl methyl sites for hydroxylation is 1. The molecule has 1 heterocycles. The van der Waals surface area contributed by atoms with Crippen LogP contribution in [-0.2, 0) is 11.2 Å². The molecule has 7 nitrogen and oxygen atoms in total. The Labute approximate surface area is 182 Å². The molecule has 0 saturated carbocycles. The number of carbonyl (C=O) groups is 1. The van der Waals surface area contributed by atoms with E-state index < -0.39 is 0 Å². The Hall–Kier alpha value is -3.61. The van der Waals surface area contributed by atoms with Gasteiger partial charge in [-0.3, -0.25) is 4.79 Å². The van der Waals surface area contributed by atoms with Crippen LogP contribution in [0.25, 0.3) is 11.3 Å². The molecule has 162 valence electrons. The van der Waals surface area contributed by atoms with Gasteiger partial charge in [0.25, 0.3) is 5.91 Å². The van der Waals surface area contributed by atoms with Crippen molar-refractivity contribution in [1.82, 2.24) is 15.5 Å². The summed E-state index contributed by atoms with van der Waals surface area (Å²) in [6.07, 6.45) is 0.851. The Morgan fingerprint density at radius 1 is 0.903 bits per heavy atom. The zero-order chi connectivity index (χ0) is 21.9. The van der Waals surface area contributed by atoms with E-state index in [1.165, 1.54) is 0 Å². The number of amides is 1. The van der Waals surface area contributed by atoms with E-state index in [0.717, 1.165) is 34.7 Å². The number of nitrogens with one attached hydrogen (secondary N) is 1. The van der Waals surface area contributed by atoms with Crippen LogP contribution in [0, 0.1) is 0 Å². The van der Waals surface area contributed by atoms with Crippen molar-refractivity contribution in [2.75, 3.05) is 26.4 Å². The van der Waals surface area contributed by atoms with Crippen LogP contribution in [-0.4, -0.2) is 42.5 Å². The lowest BCUT2D eigenvalue weighted by Gasteiger charge is -2.11. The minimum absolute atomic E-state index is 0.0341. The number of nitrogens with zero attached hydrogens (tertiary/aromatic N) is 2. The van der Waals surface area contributed by atoms with Crippen molar-refractivity contribution in [2.45, 2.75) is 20.3 Å². The van der Waals surface area contributed by atoms with Crippen molar-refractivity contribution in [3.8, 4) is 28.6 Å². The molecule has 0 atom stereocenters. The first-order valence-electron chi connectivity index (χ1n) is 10.4. The molecule has 0 spiro atoms. The van der Waals surface area contributed by atoms with Crippen LogP contribution >= 0.6 is 0 Å². The van der Waals surface area contributed by atoms with E-state index in [9.17, 15) is 4.79 Å². The summed E-state index contributed by atoms with van der Waals surface area (Å²) in [7, 11) is 0. The molecule has 0 unspecified atom stereocenters. The molecule has 0 aliphatic carbocycles. The van der Waals surface area contributed by atoms with Gasteiger partial charge in [0.05, 0.1) is 18.8 Å². The molecule has 7 heteroatoms. The van der Waals surface area contributed by atoms with Crippen molar-refractivity contribution in [1.29, 1.82) is 0 Å². The Bertz CT molecular complexity index is 959. The summed E-state index contributed by atoms with van der Waals surface area (Å²) in [5, 5.41) is 11.0. The highest BCUT2D eigenvalue weighted by Gasteiger charge is 2.06. The summed E-state index contributed by atoms with van der Waals surface area (Å²) in [6, 6.07) is 19.0. The standard InChI is InChI=1S/C24H27N3O4/c1-3-18-7-5-6-8-22(18)31-17-23(28)25-15-16-30-24-14-13-21(26-27-24)19-9-11-20(12-10-19)29-4-2/h5-14H,3-4,15-17H2,1-2H3,(H,25,28). The number of hydrogen-bond acceptors (Lipinski definition) is 6. The van der Waals surface area contributed by atoms with Gasteiger partial charge in [-0.25, -0.2) is 0 Å². The molecule has 3 aromatic rings. The lowest BCUT2D eigenvalue weighted by atomic mass is 10.1. The molecule has 2 aromatic carbocycles. The van der Waals surface area contributed by atoms with Gasteiger partial charge in [-0.2, -0.15) is 0 Å². The highest BCUT2D eigenvalue weighted by molar-refractivity contribution is 5.77. The lowest BCUT2D eigenvalue weighted by Crippen LogP contribution is -2.32. The molecule has 1 amide bonds. The van der Waals surface area contributed by atoms with Gasteiger partial charge >= 0.3 is 0 Å². The van der Waals surface area contributed by atoms with E-state index in [2.05, 4.69) is 15.5 Å². The Balaban J connectivity index is 1.39. The fourth-order valence-electron chi connectivity index (χ4n) is 2.92. The molecule has 3 rings (SSSR count). The highest BCUT2D eigenvalue weighted by atomic mass is 16.5. The maximum atomic E-state index is 12.0. The van der Waals surface area contributed by atoms with Gasteiger partial charge < -0.3 is 19.5 Å². The molecular formula is C24H27N3O4. The maximum Gasteiger partial charge on any atom is 0.258 e. The number of carbonyl (C=O) groups excluding carboxylic acids is 1. The van der Waals surface area contributed by atoms with Crippen molar-refractivity contribution in [2.24, 2.45) is 0 Å². The summed E-state index contributed by atoms with van der Waals surface area (Å²) in [5.41, 5.74) is 2.76. The zero-order valence-corrected chi connectivity index (χ0v) is 17.8. The number of ether oxygens (including phenoxy) is 3. The summed E-state index contributed by atoms with van der Waals surface area (Å²) < 4.78 is 16.6. The van der Waals surface area contributed by atoms with Crippen molar-refractivity contribution < 1.29 is 19.0 Å². The Morgan fingerprint density at radius 2 is 1.71 bits per heavy atom. The molecule has 31 heavy (non-hydrogen) atoms. The van der Waals surface area contributed by atoms with Gasteiger partial charge in [0, 0.05) is 11.6 Å². The first-order valence-corrected chi connectivity index (χ1v) is 10.4. The second kappa shape index (κ2) is 11.5. The largest absolute Gasteiger partial charge is 0.494 e. The monoisotopic (exact) mass is 421 g/mol. The second-order valence-corrected chi connectivity index (χ2v) is 6.66. The number of para-hydroxylation sites is 1. The summed E-state index contributed by atoms with van der Waals surface area (Å²) >= 11 is 0. The minimum atomic E-state index is -0.202. The van der Waals surface area contributed by atoms with Crippen LogP contribution in [0.3, 0.4) is 0 Å². The normalized spacial score (nSPS) is 10.4. The van der Waals surface area contributed by atoms with Crippen LogP contribution in [0.2, 0.25) is 0 Å². The topological polar surface area (TPSA) is 82.6 Å². The molecular weight excluding hydrogens is 394 g/mol. The number of rotatable bonds is 11. The van der Waals surface area contributed by atoms with Gasteiger partial charge in [-0.05, 0) is 55.3 Å². The summed E-state index contributed by atoms with van der Waals surface area (Å²) in [4.78, 5) is 12.0. The lowest BCUT2D eigenvalue weighted by molar-refractivity contribution is -0.123. The van der Waals surface area contributed by atoms with Gasteiger partial charge in [-0.1, -0.05) is 25.1 Å². The highest BCUT2D eigenvalue weighted by Crippen LogP contribution is 2.21. The smallest absolute Gasteiger partial charge is 0.258 e. The van der Waals surface area contributed by atoms with Gasteiger partial charge in [0.15, 0.2) is 6.61 Å². The Kier molecular flexibility index (Phi) is 8.22. The van der Waals surface area contributed by atoms with E-state index in [1.54, 1.807) is 6.07 Å². The number of benzene rings is 2. The van der Waals surface area contributed by atoms with Crippen LogP contribution in [0.4, 0.5) is 0 Å². The number of aromatic nitrogens is 2. The third-order valence-corrected chi connectivity index (χ3v) is 4.49. The third-order valence-electron chi connectivity index (χ3n) is 4.49. The predicted molar refractivity (Wildman–Crippen MR) is 118 cm³/mol. The van der Waals surface area contributed by atoms with Crippen molar-refractivity contribution in [3.05, 3.63) is 66.2 Å². The molecule has 0 radical (unpaired) electrons. The van der Waals surface area contributed by atoms with Crippen LogP contribution < -0.4 is 19.5 Å². The fraction of sp³-hybridized carbons (Fsp3) is 0.292. The maximum absolute atomic E-state index is 12.0. The van der Waals surface area contributed by atoms with Crippen molar-refractivity contribution in [3.63, 3.8) is 0 Å². The molecule has 0 aliphatic heterocycles. The molecule has 1 N–H and O–H groups in total. The quantitative estimate of drug-likeness (QED) is 0.476. The van der Waals surface area contributed by atoms with Gasteiger partial charge in [0.1, 0.15) is 18.1 Å². The molecule has 0 aliphatic rings. The van der Waals surface area contributed by atoms with E-state index >= 15 is 0 Å². The second-order valence-electron chi connectivity index (χ2n) is 6.66. The third kappa shape index (κ3) is 6.70. The summed E-state index contributed by atoms with van der Waals surface area (Å²) in [5.74, 6) is 1.75. The molecule has 0 bridgehead atoms. The predicted octanol–water partition coefficient (Wildman–Crippen LogP) is 3.68. The zero-order valence-electron chi connectivity index (χ0n) is 17.8. The molecule has 0 saturated heterocycles. The van der Waals surface area contributed by atoms with E-state index in [1.807, 2.05) is 68.4 Å². The SMILES string of the molecule is CCOc1ccc(-c2ccc(OCCNC(=O)COc3ccccc3CC)nn2)cc1. The minimum Gasteiger partial charge on any atom is -0.494 e. The Morgan fingerprint density at radius 3 is 2.42 bits per heavy atom. The first kappa shape index (κ1) is 22.1. The van der Waals surface area contributed by atoms with Crippen molar-refractivity contribution >= 4 is 5.91 Å². The van der Waals surface area contributed by atoms with Crippen LogP contribution in [0.5, 0.6) is 17.4 Å². The molecule has 0 fully saturated rings. The fourth-order valence-corrected chi connectivity index (χ4v) is 2.92. The van der Waals surface area contributed by atoms with E-state index in [0.29, 0.717) is 19.0 Å². The van der Waals surface area contributed by atoms with Crippen LogP contribution in [0.15, 0.2) is 60.7 Å². The van der Waals surface area contributed by atoms with Crippen LogP contribution in [0.1, 0.15) is 19.4 Å². The average Bonchev–Trinajstić information content (AvgIpc) is 2.82. The number of hydrogen-bond donors (Lipinski definition) is 1. The van der Waals surface area contributed by atoms with Gasteiger partial charge in [-0.15, -0.1) is 10.2 Å².